The van der Waals surface area contributed by atoms with Crippen LogP contribution < -0.4 is 10.9 Å². The zero-order valence-corrected chi connectivity index (χ0v) is 15.1. The van der Waals surface area contributed by atoms with Gasteiger partial charge in [-0.15, -0.1) is 0 Å². The summed E-state index contributed by atoms with van der Waals surface area (Å²) >= 11 is 0. The van der Waals surface area contributed by atoms with Crippen molar-refractivity contribution in [1.29, 1.82) is 0 Å². The largest absolute Gasteiger partial charge is 0.322 e. The molecular formula is C23H20N2O2. The summed E-state index contributed by atoms with van der Waals surface area (Å²) in [7, 11) is 0. The monoisotopic (exact) mass is 356 g/mol. The van der Waals surface area contributed by atoms with Crippen LogP contribution in [0.4, 0.5) is 5.69 Å². The summed E-state index contributed by atoms with van der Waals surface area (Å²) in [4.78, 5) is 27.4. The summed E-state index contributed by atoms with van der Waals surface area (Å²) in [6.45, 7) is 2.09. The lowest BCUT2D eigenvalue weighted by atomic mass is 10.0. The summed E-state index contributed by atoms with van der Waals surface area (Å²) in [6.07, 6.45) is 1.82. The number of carbonyl (C=O) groups is 1. The molecule has 4 rings (SSSR count). The molecule has 3 aromatic carbocycles. The zero-order chi connectivity index (χ0) is 18.8. The Hall–Kier alpha value is -3.40. The fourth-order valence-corrected chi connectivity index (χ4v) is 3.42. The van der Waals surface area contributed by atoms with E-state index >= 15 is 0 Å². The summed E-state index contributed by atoms with van der Waals surface area (Å²) in [5.41, 5.74) is 2.90. The van der Waals surface area contributed by atoms with Crippen molar-refractivity contribution < 1.29 is 4.79 Å². The van der Waals surface area contributed by atoms with E-state index in [0.717, 1.165) is 40.1 Å². The lowest BCUT2D eigenvalue weighted by molar-refractivity contribution is 0.102. The minimum absolute atomic E-state index is 0.121. The van der Waals surface area contributed by atoms with Crippen LogP contribution in [0.1, 0.15) is 29.3 Å². The van der Waals surface area contributed by atoms with Gasteiger partial charge < -0.3 is 10.3 Å². The van der Waals surface area contributed by atoms with E-state index in [2.05, 4.69) is 17.2 Å². The molecule has 0 aliphatic carbocycles. The molecule has 0 aliphatic heterocycles. The molecule has 134 valence electrons. The third-order valence-corrected chi connectivity index (χ3v) is 4.72. The number of anilines is 1. The molecule has 0 spiro atoms. The fraction of sp³-hybridized carbons (Fsp3) is 0.130. The molecule has 0 fully saturated rings. The lowest BCUT2D eigenvalue weighted by Crippen LogP contribution is -2.12. The van der Waals surface area contributed by atoms with Crippen molar-refractivity contribution >= 4 is 33.3 Å². The zero-order valence-electron chi connectivity index (χ0n) is 15.1. The van der Waals surface area contributed by atoms with E-state index in [1.54, 1.807) is 6.07 Å². The molecular weight excluding hydrogens is 336 g/mol. The maximum Gasteiger partial charge on any atom is 0.255 e. The van der Waals surface area contributed by atoms with Crippen molar-refractivity contribution in [3.8, 4) is 0 Å². The van der Waals surface area contributed by atoms with E-state index in [4.69, 9.17) is 0 Å². The first-order valence-electron chi connectivity index (χ1n) is 9.10. The van der Waals surface area contributed by atoms with Gasteiger partial charge in [-0.25, -0.2) is 0 Å². The Morgan fingerprint density at radius 2 is 1.78 bits per heavy atom. The SMILES string of the molecule is CCCc1cc(=O)[nH]c2cc(NC(=O)c3ccc4ccccc4c3)ccc12. The molecule has 0 atom stereocenters. The number of aromatic nitrogens is 1. The number of carbonyl (C=O) groups excluding carboxylic acids is 1. The number of fused-ring (bicyclic) bond motifs is 2. The second-order valence-corrected chi connectivity index (χ2v) is 6.69. The maximum atomic E-state index is 12.6. The van der Waals surface area contributed by atoms with Crippen LogP contribution >= 0.6 is 0 Å². The van der Waals surface area contributed by atoms with E-state index in [1.165, 1.54) is 0 Å². The predicted octanol–water partition coefficient (Wildman–Crippen LogP) is 4.89. The molecule has 0 saturated carbocycles. The summed E-state index contributed by atoms with van der Waals surface area (Å²) < 4.78 is 0. The molecule has 0 radical (unpaired) electrons. The third kappa shape index (κ3) is 3.47. The van der Waals surface area contributed by atoms with Crippen LogP contribution in [-0.2, 0) is 6.42 Å². The van der Waals surface area contributed by atoms with Gasteiger partial charge in [0.05, 0.1) is 5.52 Å². The van der Waals surface area contributed by atoms with Gasteiger partial charge in [0.25, 0.3) is 5.91 Å². The first-order chi connectivity index (χ1) is 13.1. The van der Waals surface area contributed by atoms with Gasteiger partial charge in [0.2, 0.25) is 5.56 Å². The van der Waals surface area contributed by atoms with Crippen molar-refractivity contribution in [1.82, 2.24) is 4.98 Å². The minimum Gasteiger partial charge on any atom is -0.322 e. The van der Waals surface area contributed by atoms with Crippen LogP contribution in [0.25, 0.3) is 21.7 Å². The Morgan fingerprint density at radius 3 is 2.59 bits per heavy atom. The van der Waals surface area contributed by atoms with Crippen LogP contribution in [0.15, 0.2) is 71.5 Å². The highest BCUT2D eigenvalue weighted by Crippen LogP contribution is 2.22. The maximum absolute atomic E-state index is 12.6. The molecule has 1 amide bonds. The Kier molecular flexibility index (Phi) is 4.47. The summed E-state index contributed by atoms with van der Waals surface area (Å²) in [6, 6.07) is 20.9. The molecule has 27 heavy (non-hydrogen) atoms. The van der Waals surface area contributed by atoms with Crippen LogP contribution in [-0.4, -0.2) is 10.9 Å². The number of nitrogens with one attached hydrogen (secondary N) is 2. The molecule has 1 aromatic heterocycles. The average molecular weight is 356 g/mol. The second kappa shape index (κ2) is 7.08. The van der Waals surface area contributed by atoms with E-state index in [9.17, 15) is 9.59 Å². The number of H-pyrrole nitrogens is 1. The van der Waals surface area contributed by atoms with Gasteiger partial charge >= 0.3 is 0 Å². The van der Waals surface area contributed by atoms with Gasteiger partial charge in [0, 0.05) is 22.7 Å². The van der Waals surface area contributed by atoms with E-state index < -0.39 is 0 Å². The van der Waals surface area contributed by atoms with Crippen LogP contribution in [0.5, 0.6) is 0 Å². The first-order valence-corrected chi connectivity index (χ1v) is 9.10. The third-order valence-electron chi connectivity index (χ3n) is 4.72. The molecule has 4 heteroatoms. The molecule has 2 N–H and O–H groups in total. The second-order valence-electron chi connectivity index (χ2n) is 6.69. The molecule has 1 heterocycles. The Labute approximate surface area is 156 Å². The quantitative estimate of drug-likeness (QED) is 0.547. The predicted molar refractivity (Wildman–Crippen MR) is 110 cm³/mol. The van der Waals surface area contributed by atoms with Crippen molar-refractivity contribution in [2.24, 2.45) is 0 Å². The molecule has 0 aliphatic rings. The van der Waals surface area contributed by atoms with Gasteiger partial charge in [-0.05, 0) is 47.0 Å². The van der Waals surface area contributed by atoms with Crippen LogP contribution in [0.3, 0.4) is 0 Å². The molecule has 0 bridgehead atoms. The Balaban J connectivity index is 1.65. The number of aromatic amines is 1. The number of hydrogen-bond donors (Lipinski definition) is 2. The number of amides is 1. The van der Waals surface area contributed by atoms with Gasteiger partial charge in [-0.2, -0.15) is 0 Å². The van der Waals surface area contributed by atoms with E-state index in [1.807, 2.05) is 60.7 Å². The topological polar surface area (TPSA) is 62.0 Å². The van der Waals surface area contributed by atoms with Crippen molar-refractivity contribution in [3.05, 3.63) is 88.2 Å². The highest BCUT2D eigenvalue weighted by Gasteiger charge is 2.09. The number of benzene rings is 3. The molecule has 4 nitrogen and oxygen atoms in total. The van der Waals surface area contributed by atoms with Gasteiger partial charge in [-0.1, -0.05) is 49.7 Å². The summed E-state index contributed by atoms with van der Waals surface area (Å²) in [5, 5.41) is 6.06. The smallest absolute Gasteiger partial charge is 0.255 e. The summed E-state index contributed by atoms with van der Waals surface area (Å²) in [5.74, 6) is -0.174. The fourth-order valence-electron chi connectivity index (χ4n) is 3.42. The average Bonchev–Trinajstić information content (AvgIpc) is 2.67. The van der Waals surface area contributed by atoms with Gasteiger partial charge in [0.15, 0.2) is 0 Å². The van der Waals surface area contributed by atoms with Crippen molar-refractivity contribution in [2.75, 3.05) is 5.32 Å². The molecule has 4 aromatic rings. The minimum atomic E-state index is -0.174. The number of aryl methyl sites for hydroxylation is 1. The van der Waals surface area contributed by atoms with Gasteiger partial charge in [0.1, 0.15) is 0 Å². The van der Waals surface area contributed by atoms with Gasteiger partial charge in [-0.3, -0.25) is 9.59 Å². The van der Waals surface area contributed by atoms with Crippen LogP contribution in [0, 0.1) is 0 Å². The first kappa shape index (κ1) is 17.0. The number of pyridine rings is 1. The van der Waals surface area contributed by atoms with Crippen molar-refractivity contribution in [2.45, 2.75) is 19.8 Å². The van der Waals surface area contributed by atoms with E-state index in [-0.39, 0.29) is 11.5 Å². The number of hydrogen-bond acceptors (Lipinski definition) is 2. The lowest BCUT2D eigenvalue weighted by Gasteiger charge is -2.09. The number of rotatable bonds is 4. The Bertz CT molecular complexity index is 1210. The van der Waals surface area contributed by atoms with Crippen LogP contribution in [0.2, 0.25) is 0 Å². The van der Waals surface area contributed by atoms with Crippen molar-refractivity contribution in [3.63, 3.8) is 0 Å². The highest BCUT2D eigenvalue weighted by atomic mass is 16.1. The highest BCUT2D eigenvalue weighted by molar-refractivity contribution is 6.07. The normalized spacial score (nSPS) is 11.0. The molecule has 0 saturated heterocycles. The van der Waals surface area contributed by atoms with E-state index in [0.29, 0.717) is 11.3 Å². The Morgan fingerprint density at radius 1 is 0.963 bits per heavy atom. The standard InChI is InChI=1S/C23H20N2O2/c1-2-5-17-13-22(26)25-21-14-19(10-11-20(17)21)24-23(27)18-9-8-15-6-3-4-7-16(15)12-18/h3-4,6-14H,2,5H2,1H3,(H,24,27)(H,25,26). The molecule has 0 unspecified atom stereocenters.